The van der Waals surface area contributed by atoms with Crippen molar-refractivity contribution >= 4 is 51.7 Å². The van der Waals surface area contributed by atoms with Crippen LogP contribution in [0.25, 0.3) is 11.0 Å². The van der Waals surface area contributed by atoms with Crippen LogP contribution in [0.4, 0.5) is 33.2 Å². The number of rotatable bonds is 14. The molecule has 0 aliphatic heterocycles. The summed E-state index contributed by atoms with van der Waals surface area (Å²) in [4.78, 5) is 54.2. The molecule has 0 saturated carbocycles. The average Bonchev–Trinajstić information content (AvgIpc) is 2.71. The van der Waals surface area contributed by atoms with Crippen LogP contribution in [0.5, 0.6) is 34.5 Å². The van der Waals surface area contributed by atoms with Gasteiger partial charge in [-0.3, -0.25) is 35.5 Å². The smallest absolute Gasteiger partial charge is 0.412 e. The van der Waals surface area contributed by atoms with Crippen molar-refractivity contribution in [1.29, 1.82) is 0 Å². The molecule has 0 bridgehead atoms. The highest BCUT2D eigenvalue weighted by Crippen LogP contribution is 2.28. The highest BCUT2D eigenvalue weighted by molar-refractivity contribution is 5.86. The molecule has 0 unspecified atom stereocenters. The van der Waals surface area contributed by atoms with E-state index in [1.54, 1.807) is 60.0 Å². The van der Waals surface area contributed by atoms with Crippen LogP contribution in [-0.2, 0) is 20.7 Å². The number of pyridine rings is 5. The number of nitrogens with zero attached hydrogens (tertiary/aromatic N) is 9. The Balaban J connectivity index is 0.000000508. The lowest BCUT2D eigenvalue weighted by Crippen LogP contribution is -2.43. The van der Waals surface area contributed by atoms with E-state index in [-0.39, 0.29) is 13.6 Å². The van der Waals surface area contributed by atoms with Crippen molar-refractivity contribution in [3.63, 3.8) is 0 Å². The van der Waals surface area contributed by atoms with Crippen molar-refractivity contribution in [3.05, 3.63) is 152 Å². The molecule has 7 heterocycles. The maximum Gasteiger partial charge on any atom is 0.412 e. The summed E-state index contributed by atoms with van der Waals surface area (Å²) in [6, 6.07) is 13.7. The lowest BCUT2D eigenvalue weighted by atomic mass is 10.1. The number of nitrogens with two attached hydrogens (primary N) is 3. The third-order valence-electron chi connectivity index (χ3n) is 10.5. The molecule has 0 saturated heterocycles. The second-order valence-corrected chi connectivity index (χ2v) is 18.1. The molecule has 27 nitrogen and oxygen atoms in total. The van der Waals surface area contributed by atoms with Gasteiger partial charge < -0.3 is 45.0 Å². The van der Waals surface area contributed by atoms with E-state index < -0.39 is 38.7 Å². The van der Waals surface area contributed by atoms with Crippen LogP contribution < -0.4 is 56.1 Å². The van der Waals surface area contributed by atoms with Crippen LogP contribution in [-0.4, -0.2) is 89.9 Å². The van der Waals surface area contributed by atoms with E-state index in [2.05, 4.69) is 52.3 Å². The van der Waals surface area contributed by atoms with E-state index in [4.69, 9.17) is 55.3 Å². The molecule has 0 atom stereocenters. The topological polar surface area (TPSA) is 370 Å². The monoisotopic (exact) mass is 1180 g/mol. The number of carbonyl (C=O) groups excluding carboxylic acids is 3. The number of hydrogen-bond acceptors (Lipinski definition) is 21. The van der Waals surface area contributed by atoms with E-state index in [1.807, 2.05) is 98.1 Å². The van der Waals surface area contributed by atoms with Gasteiger partial charge in [0.1, 0.15) is 11.4 Å². The number of non-ortho nitro benzene ring substituents is 1. The largest absolute Gasteiger partial charge is 0.868 e. The zero-order chi connectivity index (χ0) is 63.1. The number of benzene rings is 1. The van der Waals surface area contributed by atoms with Crippen molar-refractivity contribution in [2.45, 2.75) is 109 Å². The summed E-state index contributed by atoms with van der Waals surface area (Å²) in [6.07, 6.45) is 14.5. The van der Waals surface area contributed by atoms with Crippen molar-refractivity contribution < 1.29 is 62.4 Å². The number of nitro groups is 2. The zero-order valence-electron chi connectivity index (χ0n) is 49.5. The summed E-state index contributed by atoms with van der Waals surface area (Å²) < 4.78 is 37.1. The molecule has 0 radical (unpaired) electrons. The summed E-state index contributed by atoms with van der Waals surface area (Å²) in [5, 5.41) is 42.5. The van der Waals surface area contributed by atoms with Crippen molar-refractivity contribution in [2.75, 3.05) is 55.7 Å². The predicted molar refractivity (Wildman–Crippen MR) is 319 cm³/mol. The molecular formula is C58H79N13O14. The van der Waals surface area contributed by atoms with Gasteiger partial charge in [0.15, 0.2) is 29.2 Å². The van der Waals surface area contributed by atoms with Crippen LogP contribution in [0.1, 0.15) is 97.8 Å². The number of nitrogen functional groups attached to an aromatic ring is 3. The fourth-order valence-corrected chi connectivity index (χ4v) is 6.99. The first-order valence-corrected chi connectivity index (χ1v) is 26.2. The van der Waals surface area contributed by atoms with Crippen LogP contribution in [0.15, 0.2) is 104 Å². The molecule has 7 aromatic heterocycles. The van der Waals surface area contributed by atoms with Crippen molar-refractivity contribution in [1.82, 2.24) is 29.2 Å². The SMILES string of the molecule is C.CCOc1c[n+](N)ccc1C.CCOc1cn2nc(C)c(CC)c2cc1C.CCOc1cn2nc(C)cc2cc1N.CCOc1cnccc1N.CCOc1cnccc1NC(=O)OC(C)(C)C.O=C=O.O=[N+]([O-])c1ccc([O-])c([N+](=O)[O-])c1. The lowest BCUT2D eigenvalue weighted by Gasteiger charge is -2.20. The number of aryl methyl sites for hydroxylation is 5. The number of anilines is 3. The second-order valence-electron chi connectivity index (χ2n) is 18.1. The molecule has 460 valence electrons. The number of nitrogens with one attached hydrogen (secondary N) is 1. The molecule has 27 heteroatoms. The molecule has 1 aromatic carbocycles. The highest BCUT2D eigenvalue weighted by atomic mass is 16.6. The van der Waals surface area contributed by atoms with E-state index >= 15 is 0 Å². The normalized spacial score (nSPS) is 9.89. The Morgan fingerprint density at radius 1 is 0.694 bits per heavy atom. The molecule has 85 heavy (non-hydrogen) atoms. The molecule has 0 aliphatic carbocycles. The van der Waals surface area contributed by atoms with Gasteiger partial charge >= 0.3 is 12.2 Å². The number of nitro benzene ring substituents is 2. The predicted octanol–water partition coefficient (Wildman–Crippen LogP) is 9.45. The minimum Gasteiger partial charge on any atom is -0.868 e. The van der Waals surface area contributed by atoms with E-state index in [9.17, 15) is 30.1 Å². The van der Waals surface area contributed by atoms with Crippen molar-refractivity contribution in [3.8, 4) is 34.5 Å². The Bertz CT molecular complexity index is 3410. The second kappa shape index (κ2) is 36.9. The molecule has 8 aromatic rings. The summed E-state index contributed by atoms with van der Waals surface area (Å²) in [5.41, 5.74) is 19.3. The van der Waals surface area contributed by atoms with Gasteiger partial charge in [0, 0.05) is 35.7 Å². The number of hydrogen-bond donors (Lipinski definition) is 4. The highest BCUT2D eigenvalue weighted by Gasteiger charge is 2.18. The Morgan fingerprint density at radius 2 is 1.25 bits per heavy atom. The van der Waals surface area contributed by atoms with Gasteiger partial charge in [-0.1, -0.05) is 25.1 Å². The van der Waals surface area contributed by atoms with Gasteiger partial charge in [-0.2, -0.15) is 19.8 Å². The summed E-state index contributed by atoms with van der Waals surface area (Å²) in [7, 11) is 0. The molecule has 8 rings (SSSR count). The van der Waals surface area contributed by atoms with Gasteiger partial charge in [0.25, 0.3) is 11.4 Å². The fraction of sp³-hybridized carbons (Fsp3) is 0.362. The standard InChI is InChI=1S/C13H18N2O.C12H18N2O3.C10H13N3O.C8H13N2O.C7H10N2O.C6H4N2O5.CO2.CH4/c1-5-11-10(4)14-15-8-13(16-6-2)9(3)7-12(11)15;1-5-16-10-8-13-7-6-9(10)14-11(15)17-12(2,3)4;1-3-14-10-6-13-8(5-9(10)11)4-7(2)12-13;1-3-11-8-6-10(9)5-4-7(8)2;1-2-10-7-5-9-4-3-6(7)8;9-6-2-1-4(7(10)11)3-5(6)8(12)13;2-1-3;/h7-8H,5-6H2,1-4H3;6-8H,5H2,1-4H3,(H,13,14,15);4-6H,3,11H2,1-2H3;4-6H,3,9H2,1-2H3;3-5H,2H2,1H3,(H2,8,9);1-3,9H;;1H4/q;;;+1;;;;/p-1. The maximum absolute atomic E-state index is 11.6. The number of aromatic nitrogens is 7. The van der Waals surface area contributed by atoms with Gasteiger partial charge in [-0.15, -0.1) is 0 Å². The fourth-order valence-electron chi connectivity index (χ4n) is 6.99. The summed E-state index contributed by atoms with van der Waals surface area (Å²) in [6.45, 7) is 28.4. The van der Waals surface area contributed by atoms with Crippen LogP contribution in [0.2, 0.25) is 0 Å². The Labute approximate surface area is 493 Å². The summed E-state index contributed by atoms with van der Waals surface area (Å²) >= 11 is 0. The maximum atomic E-state index is 11.6. The van der Waals surface area contributed by atoms with Gasteiger partial charge in [0.2, 0.25) is 6.20 Å². The molecular weight excluding hydrogens is 1100 g/mol. The first kappa shape index (κ1) is 72.7. The Morgan fingerprint density at radius 3 is 1.81 bits per heavy atom. The summed E-state index contributed by atoms with van der Waals surface area (Å²) in [5.74, 6) is 8.29. The minimum atomic E-state index is -0.949. The van der Waals surface area contributed by atoms with Crippen LogP contribution in [0, 0.1) is 47.9 Å². The Hall–Kier alpha value is -10.3. The molecule has 7 N–H and O–H groups in total. The van der Waals surface area contributed by atoms with E-state index in [0.717, 1.165) is 52.5 Å². The number of ether oxygens (including phenoxy) is 6. The third-order valence-corrected chi connectivity index (χ3v) is 10.5. The Kier molecular flexibility index (Phi) is 31.6. The number of amides is 1. The molecule has 0 fully saturated rings. The van der Waals surface area contributed by atoms with E-state index in [0.29, 0.717) is 73.4 Å². The number of carbonyl (C=O) groups is 1. The lowest BCUT2D eigenvalue weighted by molar-refractivity contribution is -0.639. The first-order valence-electron chi connectivity index (χ1n) is 26.2. The van der Waals surface area contributed by atoms with Gasteiger partial charge in [-0.05, 0) is 131 Å². The van der Waals surface area contributed by atoms with Crippen LogP contribution in [0.3, 0.4) is 0 Å². The number of fused-ring (bicyclic) bond motifs is 2. The van der Waals surface area contributed by atoms with Gasteiger partial charge in [0.05, 0.1) is 113 Å². The average molecular weight is 1180 g/mol. The zero-order valence-corrected chi connectivity index (χ0v) is 49.5. The molecule has 0 aliphatic rings. The first-order chi connectivity index (χ1) is 39.8. The minimum absolute atomic E-state index is 0. The van der Waals surface area contributed by atoms with Gasteiger partial charge in [-0.25, -0.2) is 19.7 Å². The van der Waals surface area contributed by atoms with Crippen LogP contribution >= 0.6 is 0 Å². The third kappa shape index (κ3) is 24.8. The van der Waals surface area contributed by atoms with Crippen molar-refractivity contribution in [2.24, 2.45) is 0 Å². The molecule has 1 amide bonds. The quantitative estimate of drug-likeness (QED) is 0.0340. The molecule has 0 spiro atoms. The van der Waals surface area contributed by atoms with E-state index in [1.165, 1.54) is 21.3 Å².